The number of fused-ring (bicyclic) bond motifs is 2. The highest BCUT2D eigenvalue weighted by Gasteiger charge is 2.24. The van der Waals surface area contributed by atoms with E-state index in [-0.39, 0.29) is 5.91 Å². The number of carbonyl (C=O) groups is 1. The van der Waals surface area contributed by atoms with Crippen LogP contribution in [-0.2, 0) is 11.2 Å². The molecule has 30 heavy (non-hydrogen) atoms. The van der Waals surface area contributed by atoms with Gasteiger partial charge in [0.05, 0.1) is 10.6 Å². The van der Waals surface area contributed by atoms with Crippen molar-refractivity contribution in [1.29, 1.82) is 0 Å². The molecular formula is C26H20N2OS. The van der Waals surface area contributed by atoms with E-state index in [1.54, 1.807) is 0 Å². The minimum Gasteiger partial charge on any atom is -0.300 e. The maximum atomic E-state index is 12.7. The molecule has 3 nitrogen and oxygen atoms in total. The van der Waals surface area contributed by atoms with E-state index in [1.807, 2.05) is 42.5 Å². The first-order valence-corrected chi connectivity index (χ1v) is 10.8. The Morgan fingerprint density at radius 3 is 2.17 bits per heavy atom. The smallest absolute Gasteiger partial charge is 0.264 e. The van der Waals surface area contributed by atoms with Gasteiger partial charge in [0.15, 0.2) is 5.17 Å². The van der Waals surface area contributed by atoms with Crippen molar-refractivity contribution in [1.82, 2.24) is 5.32 Å². The largest absolute Gasteiger partial charge is 0.300 e. The van der Waals surface area contributed by atoms with Crippen molar-refractivity contribution in [2.45, 2.75) is 13.3 Å². The van der Waals surface area contributed by atoms with Gasteiger partial charge < -0.3 is 5.32 Å². The summed E-state index contributed by atoms with van der Waals surface area (Å²) in [5.74, 6) is -0.110. The summed E-state index contributed by atoms with van der Waals surface area (Å²) in [4.78, 5) is 17.9. The fourth-order valence-electron chi connectivity index (χ4n) is 3.74. The molecule has 4 heteroatoms. The Labute approximate surface area is 179 Å². The summed E-state index contributed by atoms with van der Waals surface area (Å²) in [6.07, 6.45) is 2.99. The molecule has 1 saturated heterocycles. The maximum Gasteiger partial charge on any atom is 0.264 e. The third-order valence-corrected chi connectivity index (χ3v) is 6.22. The number of hydrogen-bond acceptors (Lipinski definition) is 3. The normalized spacial score (nSPS) is 16.6. The summed E-state index contributed by atoms with van der Waals surface area (Å²) >= 11 is 1.39. The molecule has 4 aromatic rings. The van der Waals surface area contributed by atoms with Crippen molar-refractivity contribution in [2.75, 3.05) is 0 Å². The first-order valence-electron chi connectivity index (χ1n) is 10.0. The molecule has 1 fully saturated rings. The molecule has 0 radical (unpaired) electrons. The molecule has 1 heterocycles. The Morgan fingerprint density at radius 2 is 1.53 bits per heavy atom. The number of thioether (sulfide) groups is 1. The molecular weight excluding hydrogens is 388 g/mol. The van der Waals surface area contributed by atoms with E-state index in [0.717, 1.165) is 39.2 Å². The number of aliphatic imine (C=N–C) groups is 1. The minimum atomic E-state index is -0.110. The summed E-state index contributed by atoms with van der Waals surface area (Å²) in [6.45, 7) is 2.13. The molecule has 1 aliphatic heterocycles. The average molecular weight is 409 g/mol. The summed E-state index contributed by atoms with van der Waals surface area (Å²) in [7, 11) is 0. The third-order valence-electron chi connectivity index (χ3n) is 5.31. The second kappa shape index (κ2) is 7.81. The van der Waals surface area contributed by atoms with Gasteiger partial charge in [-0.05, 0) is 75.1 Å². The highest BCUT2D eigenvalue weighted by atomic mass is 32.2. The van der Waals surface area contributed by atoms with Gasteiger partial charge >= 0.3 is 0 Å². The number of hydrogen-bond donors (Lipinski definition) is 1. The van der Waals surface area contributed by atoms with Crippen molar-refractivity contribution < 1.29 is 4.79 Å². The van der Waals surface area contributed by atoms with E-state index in [2.05, 4.69) is 59.7 Å². The predicted molar refractivity (Wildman–Crippen MR) is 128 cm³/mol. The molecule has 1 aliphatic rings. The second-order valence-electron chi connectivity index (χ2n) is 7.23. The molecule has 0 unspecified atom stereocenters. The van der Waals surface area contributed by atoms with Gasteiger partial charge in [-0.1, -0.05) is 67.6 Å². The summed E-state index contributed by atoms with van der Waals surface area (Å²) < 4.78 is 0. The van der Waals surface area contributed by atoms with Crippen LogP contribution in [0.25, 0.3) is 27.6 Å². The van der Waals surface area contributed by atoms with E-state index in [4.69, 9.17) is 0 Å². The molecule has 5 rings (SSSR count). The molecule has 0 spiro atoms. The highest BCUT2D eigenvalue weighted by molar-refractivity contribution is 8.18. The zero-order valence-corrected chi connectivity index (χ0v) is 17.4. The zero-order chi connectivity index (χ0) is 20.5. The van der Waals surface area contributed by atoms with Crippen LogP contribution in [-0.4, -0.2) is 11.1 Å². The number of nitrogens with zero attached hydrogens (tertiary/aromatic N) is 1. The van der Waals surface area contributed by atoms with Gasteiger partial charge in [0, 0.05) is 0 Å². The van der Waals surface area contributed by atoms with Crippen molar-refractivity contribution in [2.24, 2.45) is 4.99 Å². The van der Waals surface area contributed by atoms with Gasteiger partial charge in [0.1, 0.15) is 0 Å². The van der Waals surface area contributed by atoms with Gasteiger partial charge in [-0.3, -0.25) is 4.79 Å². The summed E-state index contributed by atoms with van der Waals surface area (Å²) in [5.41, 5.74) is 3.17. The second-order valence-corrected chi connectivity index (χ2v) is 8.26. The lowest BCUT2D eigenvalue weighted by Gasteiger charge is -2.08. The van der Waals surface area contributed by atoms with Crippen molar-refractivity contribution in [3.8, 4) is 0 Å². The molecule has 0 atom stereocenters. The summed E-state index contributed by atoms with van der Waals surface area (Å²) in [6, 6.07) is 26.9. The van der Waals surface area contributed by atoms with Crippen molar-refractivity contribution in [3.05, 3.63) is 94.9 Å². The number of nitrogens with one attached hydrogen (secondary N) is 1. The number of amidine groups is 1. The Balaban J connectivity index is 1.57. The van der Waals surface area contributed by atoms with Crippen molar-refractivity contribution >= 4 is 56.1 Å². The van der Waals surface area contributed by atoms with E-state index in [1.165, 1.54) is 17.3 Å². The molecule has 0 aliphatic carbocycles. The zero-order valence-electron chi connectivity index (χ0n) is 16.6. The predicted octanol–water partition coefficient (Wildman–Crippen LogP) is 6.45. The number of benzene rings is 4. The van der Waals surface area contributed by atoms with Gasteiger partial charge in [0.25, 0.3) is 5.91 Å². The third kappa shape index (κ3) is 3.51. The fraction of sp³-hybridized carbons (Fsp3) is 0.0769. The Bertz CT molecular complexity index is 1280. The van der Waals surface area contributed by atoms with Gasteiger partial charge in [-0.25, -0.2) is 4.99 Å². The SMILES string of the molecule is CCc1ccc(N=C2NC(=O)/C(=C/c3c4ccccc4cc4ccccc34)S2)cc1. The van der Waals surface area contributed by atoms with Crippen LogP contribution in [0.3, 0.4) is 0 Å². The molecule has 0 saturated carbocycles. The maximum absolute atomic E-state index is 12.7. The Kier molecular flexibility index (Phi) is 4.85. The van der Waals surface area contributed by atoms with Gasteiger partial charge in [0.2, 0.25) is 0 Å². The lowest BCUT2D eigenvalue weighted by atomic mass is 9.96. The molecule has 146 valence electrons. The standard InChI is InChI=1S/C26H20N2OS/c1-2-17-11-13-20(14-12-17)27-26-28-25(29)24(30-26)16-23-21-9-5-3-7-18(21)15-19-8-4-6-10-22(19)23/h3-16H,2H2,1H3,(H,27,28,29)/b24-16-. The van der Waals surface area contributed by atoms with Crippen LogP contribution in [0, 0.1) is 0 Å². The molecule has 0 aromatic heterocycles. The Morgan fingerprint density at radius 1 is 0.900 bits per heavy atom. The van der Waals surface area contributed by atoms with Gasteiger partial charge in [-0.15, -0.1) is 0 Å². The highest BCUT2D eigenvalue weighted by Crippen LogP contribution is 2.34. The topological polar surface area (TPSA) is 41.5 Å². The minimum absolute atomic E-state index is 0.110. The number of aryl methyl sites for hydroxylation is 1. The Hall–Kier alpha value is -3.37. The molecule has 1 amide bonds. The van der Waals surface area contributed by atoms with E-state index in [9.17, 15) is 4.79 Å². The average Bonchev–Trinajstić information content (AvgIpc) is 3.12. The quantitative estimate of drug-likeness (QED) is 0.313. The van der Waals surface area contributed by atoms with E-state index >= 15 is 0 Å². The van der Waals surface area contributed by atoms with Crippen molar-refractivity contribution in [3.63, 3.8) is 0 Å². The van der Waals surface area contributed by atoms with Crippen LogP contribution in [0.15, 0.2) is 88.8 Å². The van der Waals surface area contributed by atoms with Crippen LogP contribution in [0.1, 0.15) is 18.1 Å². The lowest BCUT2D eigenvalue weighted by molar-refractivity contribution is -0.115. The molecule has 4 aromatic carbocycles. The van der Waals surface area contributed by atoms with Crippen LogP contribution in [0.2, 0.25) is 0 Å². The first kappa shape index (κ1) is 18.6. The molecule has 1 N–H and O–H groups in total. The number of rotatable bonds is 3. The van der Waals surface area contributed by atoms with Crippen LogP contribution in [0.5, 0.6) is 0 Å². The van der Waals surface area contributed by atoms with Crippen LogP contribution in [0.4, 0.5) is 5.69 Å². The van der Waals surface area contributed by atoms with E-state index in [0.29, 0.717) is 10.1 Å². The number of carbonyl (C=O) groups excluding carboxylic acids is 1. The molecule has 0 bridgehead atoms. The fourth-order valence-corrected chi connectivity index (χ4v) is 4.56. The summed E-state index contributed by atoms with van der Waals surface area (Å²) in [5, 5.41) is 8.11. The first-order chi connectivity index (χ1) is 14.7. The monoisotopic (exact) mass is 408 g/mol. The van der Waals surface area contributed by atoms with E-state index < -0.39 is 0 Å². The lowest BCUT2D eigenvalue weighted by Crippen LogP contribution is -2.19. The van der Waals surface area contributed by atoms with Crippen LogP contribution >= 0.6 is 11.8 Å². The number of amides is 1. The van der Waals surface area contributed by atoms with Gasteiger partial charge in [-0.2, -0.15) is 0 Å². The van der Waals surface area contributed by atoms with Crippen LogP contribution < -0.4 is 5.32 Å².